The molecule has 12 heavy (non-hydrogen) atoms. The van der Waals surface area contributed by atoms with E-state index in [9.17, 15) is 5.11 Å². The molecule has 1 aromatic carbocycles. The SMILES string of the molecule is CC(CBr)c1c(O)cccc1Cl. The van der Waals surface area contributed by atoms with Crippen molar-refractivity contribution >= 4 is 27.5 Å². The Bertz CT molecular complexity index is 255. The summed E-state index contributed by atoms with van der Waals surface area (Å²) in [6, 6.07) is 5.18. The van der Waals surface area contributed by atoms with Crippen LogP contribution < -0.4 is 0 Å². The molecule has 0 saturated heterocycles. The van der Waals surface area contributed by atoms with Crippen LogP contribution in [-0.4, -0.2) is 10.4 Å². The predicted octanol–water partition coefficient (Wildman–Crippen LogP) is 3.54. The molecule has 0 radical (unpaired) electrons. The zero-order valence-corrected chi connectivity index (χ0v) is 9.06. The summed E-state index contributed by atoms with van der Waals surface area (Å²) in [6.45, 7) is 2.01. The number of hydrogen-bond donors (Lipinski definition) is 1. The molecule has 1 unspecified atom stereocenters. The highest BCUT2D eigenvalue weighted by atomic mass is 79.9. The van der Waals surface area contributed by atoms with E-state index in [4.69, 9.17) is 11.6 Å². The summed E-state index contributed by atoms with van der Waals surface area (Å²) >= 11 is 9.27. The van der Waals surface area contributed by atoms with Crippen LogP contribution in [0.4, 0.5) is 0 Å². The molecule has 1 N–H and O–H groups in total. The molecule has 0 fully saturated rings. The summed E-state index contributed by atoms with van der Waals surface area (Å²) in [6.07, 6.45) is 0. The summed E-state index contributed by atoms with van der Waals surface area (Å²) < 4.78 is 0. The van der Waals surface area contributed by atoms with Gasteiger partial charge in [-0.25, -0.2) is 0 Å². The van der Waals surface area contributed by atoms with Crippen molar-refractivity contribution < 1.29 is 5.11 Å². The number of phenolic OH excluding ortho intramolecular Hbond substituents is 1. The zero-order valence-electron chi connectivity index (χ0n) is 6.72. The van der Waals surface area contributed by atoms with Gasteiger partial charge in [0.05, 0.1) is 0 Å². The second-order valence-electron chi connectivity index (χ2n) is 2.73. The van der Waals surface area contributed by atoms with Crippen LogP contribution in [0, 0.1) is 0 Å². The molecule has 1 atom stereocenters. The minimum absolute atomic E-state index is 0.235. The van der Waals surface area contributed by atoms with E-state index in [1.807, 2.05) is 6.92 Å². The van der Waals surface area contributed by atoms with Crippen molar-refractivity contribution in [2.75, 3.05) is 5.33 Å². The van der Waals surface area contributed by atoms with Gasteiger partial charge in [0, 0.05) is 15.9 Å². The van der Waals surface area contributed by atoms with Crippen LogP contribution in [0.5, 0.6) is 5.75 Å². The average Bonchev–Trinajstić information content (AvgIpc) is 2.03. The van der Waals surface area contributed by atoms with E-state index >= 15 is 0 Å². The Morgan fingerprint density at radius 3 is 2.75 bits per heavy atom. The lowest BCUT2D eigenvalue weighted by atomic mass is 10.0. The molecule has 66 valence electrons. The number of phenols is 1. The molecule has 1 nitrogen and oxygen atoms in total. The van der Waals surface area contributed by atoms with Gasteiger partial charge in [-0.2, -0.15) is 0 Å². The van der Waals surface area contributed by atoms with Gasteiger partial charge < -0.3 is 5.11 Å². The van der Waals surface area contributed by atoms with Crippen LogP contribution in [0.1, 0.15) is 18.4 Å². The molecule has 0 aliphatic heterocycles. The molecule has 0 aromatic heterocycles. The fourth-order valence-corrected chi connectivity index (χ4v) is 1.77. The van der Waals surface area contributed by atoms with Gasteiger partial charge in [-0.1, -0.05) is 40.5 Å². The number of rotatable bonds is 2. The molecule has 3 heteroatoms. The maximum atomic E-state index is 9.49. The van der Waals surface area contributed by atoms with Gasteiger partial charge in [-0.05, 0) is 18.1 Å². The molecule has 0 bridgehead atoms. The lowest BCUT2D eigenvalue weighted by molar-refractivity contribution is 0.465. The van der Waals surface area contributed by atoms with Crippen LogP contribution in [-0.2, 0) is 0 Å². The molecule has 0 amide bonds. The van der Waals surface area contributed by atoms with E-state index in [0.29, 0.717) is 5.02 Å². The molecule has 0 spiro atoms. The number of hydrogen-bond acceptors (Lipinski definition) is 1. The van der Waals surface area contributed by atoms with Crippen molar-refractivity contribution in [1.29, 1.82) is 0 Å². The highest BCUT2D eigenvalue weighted by Gasteiger charge is 2.12. The van der Waals surface area contributed by atoms with Gasteiger partial charge in [-0.3, -0.25) is 0 Å². The number of benzene rings is 1. The first-order valence-electron chi connectivity index (χ1n) is 3.70. The smallest absolute Gasteiger partial charge is 0.120 e. The fraction of sp³-hybridized carbons (Fsp3) is 0.333. The van der Waals surface area contributed by atoms with Gasteiger partial charge in [0.15, 0.2) is 0 Å². The molecule has 0 aliphatic carbocycles. The summed E-state index contributed by atoms with van der Waals surface area (Å²) in [5.41, 5.74) is 0.816. The standard InChI is InChI=1S/C9H10BrClO/c1-6(5-10)9-7(11)3-2-4-8(9)12/h2-4,6,12H,5H2,1H3. The Morgan fingerprint density at radius 2 is 2.25 bits per heavy atom. The van der Waals surface area contributed by atoms with E-state index in [0.717, 1.165) is 10.9 Å². The lowest BCUT2D eigenvalue weighted by Crippen LogP contribution is -1.95. The van der Waals surface area contributed by atoms with E-state index in [-0.39, 0.29) is 11.7 Å². The summed E-state index contributed by atoms with van der Waals surface area (Å²) in [7, 11) is 0. The maximum Gasteiger partial charge on any atom is 0.120 e. The quantitative estimate of drug-likeness (QED) is 0.795. The molecular weight excluding hydrogens is 239 g/mol. The number of alkyl halides is 1. The summed E-state index contributed by atoms with van der Waals surface area (Å²) in [5, 5.41) is 10.9. The first kappa shape index (κ1) is 9.87. The largest absolute Gasteiger partial charge is 0.508 e. The minimum atomic E-state index is 0.235. The molecule has 1 rings (SSSR count). The van der Waals surface area contributed by atoms with Crippen molar-refractivity contribution in [2.45, 2.75) is 12.8 Å². The van der Waals surface area contributed by atoms with Crippen LogP contribution in [0.15, 0.2) is 18.2 Å². The Kier molecular flexibility index (Phi) is 3.41. The van der Waals surface area contributed by atoms with E-state index < -0.39 is 0 Å². The van der Waals surface area contributed by atoms with Crippen molar-refractivity contribution in [2.24, 2.45) is 0 Å². The van der Waals surface area contributed by atoms with Gasteiger partial charge >= 0.3 is 0 Å². The molecule has 0 saturated carbocycles. The third kappa shape index (κ3) is 1.93. The highest BCUT2D eigenvalue weighted by molar-refractivity contribution is 9.09. The van der Waals surface area contributed by atoms with Crippen molar-refractivity contribution in [3.8, 4) is 5.75 Å². The maximum absolute atomic E-state index is 9.49. The van der Waals surface area contributed by atoms with Crippen LogP contribution in [0.2, 0.25) is 5.02 Å². The van der Waals surface area contributed by atoms with E-state index in [1.54, 1.807) is 18.2 Å². The topological polar surface area (TPSA) is 20.2 Å². The van der Waals surface area contributed by atoms with Crippen LogP contribution in [0.3, 0.4) is 0 Å². The normalized spacial score (nSPS) is 12.9. The summed E-state index contributed by atoms with van der Waals surface area (Å²) in [4.78, 5) is 0. The second kappa shape index (κ2) is 4.15. The van der Waals surface area contributed by atoms with Crippen LogP contribution >= 0.6 is 27.5 Å². The van der Waals surface area contributed by atoms with Crippen molar-refractivity contribution in [3.63, 3.8) is 0 Å². The van der Waals surface area contributed by atoms with Crippen molar-refractivity contribution in [1.82, 2.24) is 0 Å². The molecule has 1 aromatic rings. The minimum Gasteiger partial charge on any atom is -0.508 e. The van der Waals surface area contributed by atoms with Gasteiger partial charge in [0.1, 0.15) is 5.75 Å². The van der Waals surface area contributed by atoms with Gasteiger partial charge in [-0.15, -0.1) is 0 Å². The third-order valence-corrected chi connectivity index (χ3v) is 3.05. The Hall–Kier alpha value is -0.210. The molecular formula is C9H10BrClO. The molecule has 0 heterocycles. The van der Waals surface area contributed by atoms with E-state index in [1.165, 1.54) is 0 Å². The summed E-state index contributed by atoms with van der Waals surface area (Å²) in [5.74, 6) is 0.508. The second-order valence-corrected chi connectivity index (χ2v) is 3.78. The Balaban J connectivity index is 3.12. The monoisotopic (exact) mass is 248 g/mol. The highest BCUT2D eigenvalue weighted by Crippen LogP contribution is 2.32. The predicted molar refractivity (Wildman–Crippen MR) is 55.3 cm³/mol. The Morgan fingerprint density at radius 1 is 1.58 bits per heavy atom. The zero-order chi connectivity index (χ0) is 9.14. The average molecular weight is 250 g/mol. The number of aromatic hydroxyl groups is 1. The molecule has 0 aliphatic rings. The third-order valence-electron chi connectivity index (χ3n) is 1.75. The lowest BCUT2D eigenvalue weighted by Gasteiger charge is -2.11. The first-order chi connectivity index (χ1) is 5.66. The number of halogens is 2. The van der Waals surface area contributed by atoms with Crippen LogP contribution in [0.25, 0.3) is 0 Å². The van der Waals surface area contributed by atoms with Crippen molar-refractivity contribution in [3.05, 3.63) is 28.8 Å². The van der Waals surface area contributed by atoms with Gasteiger partial charge in [0.2, 0.25) is 0 Å². The first-order valence-corrected chi connectivity index (χ1v) is 5.20. The Labute approximate surface area is 85.5 Å². The fourth-order valence-electron chi connectivity index (χ4n) is 1.09. The van der Waals surface area contributed by atoms with E-state index in [2.05, 4.69) is 15.9 Å². The van der Waals surface area contributed by atoms with Gasteiger partial charge in [0.25, 0.3) is 0 Å².